The first-order valence-electron chi connectivity index (χ1n) is 5.50. The molecule has 0 spiro atoms. The molecule has 2 rings (SSSR count). The Kier molecular flexibility index (Phi) is 4.36. The zero-order valence-electron chi connectivity index (χ0n) is 10.7. The largest absolute Gasteiger partial charge is 0.485 e. The normalized spacial score (nSPS) is 11.6. The summed E-state index contributed by atoms with van der Waals surface area (Å²) in [6.07, 6.45) is 1.68. The van der Waals surface area contributed by atoms with Gasteiger partial charge in [-0.3, -0.25) is 4.68 Å². The molecule has 0 amide bonds. The third kappa shape index (κ3) is 3.50. The van der Waals surface area contributed by atoms with Crippen LogP contribution in [0.1, 0.15) is 11.3 Å². The summed E-state index contributed by atoms with van der Waals surface area (Å²) in [5.41, 5.74) is 1.25. The topological polar surface area (TPSA) is 74.1 Å². The van der Waals surface area contributed by atoms with Gasteiger partial charge in [0.1, 0.15) is 22.9 Å². The van der Waals surface area contributed by atoms with E-state index in [1.165, 1.54) is 10.7 Å². The van der Waals surface area contributed by atoms with E-state index in [1.54, 1.807) is 26.2 Å². The van der Waals surface area contributed by atoms with Gasteiger partial charge in [0, 0.05) is 22.2 Å². The van der Waals surface area contributed by atoms with Crippen LogP contribution in [-0.2, 0) is 22.7 Å². The second-order valence-electron chi connectivity index (χ2n) is 4.16. The maximum absolute atomic E-state index is 11.6. The molecule has 0 radical (unpaired) electrons. The van der Waals surface area contributed by atoms with Crippen molar-refractivity contribution in [2.45, 2.75) is 18.4 Å². The molecule has 0 aliphatic heterocycles. The molecule has 6 nitrogen and oxygen atoms in total. The summed E-state index contributed by atoms with van der Waals surface area (Å²) in [4.78, 5) is -0.0741. The van der Waals surface area contributed by atoms with Crippen molar-refractivity contribution in [3.8, 4) is 5.75 Å². The highest BCUT2D eigenvalue weighted by Crippen LogP contribution is 2.34. The van der Waals surface area contributed by atoms with Crippen LogP contribution >= 0.6 is 26.6 Å². The number of aryl methyl sites for hydroxylation is 2. The van der Waals surface area contributed by atoms with Gasteiger partial charge in [0.15, 0.2) is 0 Å². The van der Waals surface area contributed by atoms with E-state index in [1.807, 2.05) is 0 Å². The molecular formula is C11H11BrClN3O3S. The molecule has 0 bridgehead atoms. The molecule has 0 aliphatic carbocycles. The first-order valence-corrected chi connectivity index (χ1v) is 8.60. The van der Waals surface area contributed by atoms with E-state index in [4.69, 9.17) is 15.4 Å². The smallest absolute Gasteiger partial charge is 0.265 e. The van der Waals surface area contributed by atoms with E-state index < -0.39 is 9.05 Å². The van der Waals surface area contributed by atoms with E-state index in [-0.39, 0.29) is 17.3 Å². The van der Waals surface area contributed by atoms with Crippen molar-refractivity contribution in [1.29, 1.82) is 0 Å². The van der Waals surface area contributed by atoms with Crippen molar-refractivity contribution >= 4 is 35.7 Å². The Morgan fingerprint density at radius 1 is 1.45 bits per heavy atom. The molecule has 0 fully saturated rings. The lowest BCUT2D eigenvalue weighted by atomic mass is 10.2. The number of halogens is 2. The van der Waals surface area contributed by atoms with Crippen molar-refractivity contribution in [1.82, 2.24) is 15.0 Å². The Labute approximate surface area is 129 Å². The summed E-state index contributed by atoms with van der Waals surface area (Å²) in [5.74, 6) is 0.217. The first kappa shape index (κ1) is 15.3. The molecule has 0 N–H and O–H groups in total. The lowest BCUT2D eigenvalue weighted by Crippen LogP contribution is -2.03. The van der Waals surface area contributed by atoms with Crippen LogP contribution in [0.5, 0.6) is 5.75 Å². The Morgan fingerprint density at radius 3 is 2.70 bits per heavy atom. The molecular weight excluding hydrogens is 370 g/mol. The first-order chi connectivity index (χ1) is 9.27. The van der Waals surface area contributed by atoms with Gasteiger partial charge >= 0.3 is 0 Å². The summed E-state index contributed by atoms with van der Waals surface area (Å²) in [7, 11) is 3.26. The van der Waals surface area contributed by atoms with Gasteiger partial charge in [-0.25, -0.2) is 8.42 Å². The number of rotatable bonds is 4. The van der Waals surface area contributed by atoms with Crippen LogP contribution in [0.25, 0.3) is 0 Å². The van der Waals surface area contributed by atoms with Crippen LogP contribution in [-0.4, -0.2) is 23.4 Å². The van der Waals surface area contributed by atoms with Crippen molar-refractivity contribution in [2.24, 2.45) is 7.05 Å². The number of hydrogen-bond acceptors (Lipinski definition) is 5. The molecule has 9 heteroatoms. The molecule has 1 aromatic heterocycles. The maximum Gasteiger partial charge on any atom is 0.265 e. The summed E-state index contributed by atoms with van der Waals surface area (Å²) in [6.45, 7) is 1.85. The predicted octanol–water partition coefficient (Wildman–Crippen LogP) is 2.39. The third-order valence-corrected chi connectivity index (χ3v) is 4.27. The Balaban J connectivity index is 2.35. The number of benzene rings is 1. The number of aromatic nitrogens is 3. The van der Waals surface area contributed by atoms with Crippen molar-refractivity contribution in [2.75, 3.05) is 0 Å². The standard InChI is InChI=1S/C11H11BrClN3O3S/c1-7-3-8(12)4-10(20(13,17)18)11(7)19-6-9-5-16(2)15-14-9/h3-5H,6H2,1-2H3. The highest BCUT2D eigenvalue weighted by Gasteiger charge is 2.20. The van der Waals surface area contributed by atoms with Crippen LogP contribution < -0.4 is 4.74 Å². The highest BCUT2D eigenvalue weighted by atomic mass is 79.9. The maximum atomic E-state index is 11.6. The van der Waals surface area contributed by atoms with E-state index >= 15 is 0 Å². The average Bonchev–Trinajstić information content (AvgIpc) is 2.72. The van der Waals surface area contributed by atoms with Crippen LogP contribution in [0, 0.1) is 6.92 Å². The van der Waals surface area contributed by atoms with E-state index in [0.29, 0.717) is 15.7 Å². The molecule has 0 saturated heterocycles. The summed E-state index contributed by atoms with van der Waals surface area (Å²) >= 11 is 3.23. The number of nitrogens with zero attached hydrogens (tertiary/aromatic N) is 3. The van der Waals surface area contributed by atoms with Gasteiger partial charge in [0.25, 0.3) is 9.05 Å². The third-order valence-electron chi connectivity index (χ3n) is 2.48. The molecule has 20 heavy (non-hydrogen) atoms. The van der Waals surface area contributed by atoms with E-state index in [2.05, 4.69) is 26.2 Å². The number of ether oxygens (including phenoxy) is 1. The van der Waals surface area contributed by atoms with Gasteiger partial charge in [0.05, 0.1) is 6.20 Å². The van der Waals surface area contributed by atoms with Crippen LogP contribution in [0.2, 0.25) is 0 Å². The molecule has 0 aliphatic rings. The summed E-state index contributed by atoms with van der Waals surface area (Å²) in [6, 6.07) is 3.15. The minimum Gasteiger partial charge on any atom is -0.485 e. The molecule has 0 unspecified atom stereocenters. The predicted molar refractivity (Wildman–Crippen MR) is 77.3 cm³/mol. The number of hydrogen-bond donors (Lipinski definition) is 0. The molecule has 108 valence electrons. The van der Waals surface area contributed by atoms with Gasteiger partial charge in [0.2, 0.25) is 0 Å². The van der Waals surface area contributed by atoms with Crippen molar-refractivity contribution in [3.05, 3.63) is 34.1 Å². The average molecular weight is 381 g/mol. The lowest BCUT2D eigenvalue weighted by molar-refractivity contribution is 0.291. The fourth-order valence-electron chi connectivity index (χ4n) is 1.67. The Morgan fingerprint density at radius 2 is 2.15 bits per heavy atom. The summed E-state index contributed by atoms with van der Waals surface area (Å²) in [5, 5.41) is 7.64. The second kappa shape index (κ2) is 5.71. The van der Waals surface area contributed by atoms with Gasteiger partial charge in [-0.05, 0) is 24.6 Å². The minimum absolute atomic E-state index is 0.0741. The second-order valence-corrected chi connectivity index (χ2v) is 7.61. The lowest BCUT2D eigenvalue weighted by Gasteiger charge is -2.12. The van der Waals surface area contributed by atoms with Crippen LogP contribution in [0.3, 0.4) is 0 Å². The van der Waals surface area contributed by atoms with E-state index in [0.717, 1.165) is 0 Å². The zero-order chi connectivity index (χ0) is 14.9. The fourth-order valence-corrected chi connectivity index (χ4v) is 3.45. The van der Waals surface area contributed by atoms with E-state index in [9.17, 15) is 8.42 Å². The van der Waals surface area contributed by atoms with Crippen LogP contribution in [0.4, 0.5) is 0 Å². The van der Waals surface area contributed by atoms with Gasteiger partial charge in [-0.2, -0.15) is 0 Å². The van der Waals surface area contributed by atoms with Crippen LogP contribution in [0.15, 0.2) is 27.7 Å². The highest BCUT2D eigenvalue weighted by molar-refractivity contribution is 9.10. The molecule has 0 atom stereocenters. The monoisotopic (exact) mass is 379 g/mol. The molecule has 0 saturated carbocycles. The van der Waals surface area contributed by atoms with Crippen molar-refractivity contribution in [3.63, 3.8) is 0 Å². The Bertz CT molecular complexity index is 745. The summed E-state index contributed by atoms with van der Waals surface area (Å²) < 4.78 is 30.9. The molecule has 1 aromatic carbocycles. The minimum atomic E-state index is -3.90. The van der Waals surface area contributed by atoms with Gasteiger partial charge < -0.3 is 4.74 Å². The quantitative estimate of drug-likeness (QED) is 0.761. The van der Waals surface area contributed by atoms with Crippen molar-refractivity contribution < 1.29 is 13.2 Å². The van der Waals surface area contributed by atoms with Gasteiger partial charge in [-0.1, -0.05) is 21.1 Å². The van der Waals surface area contributed by atoms with Gasteiger partial charge in [-0.15, -0.1) is 5.10 Å². The molecule has 2 aromatic rings. The zero-order valence-corrected chi connectivity index (χ0v) is 13.8. The fraction of sp³-hybridized carbons (Fsp3) is 0.273. The SMILES string of the molecule is Cc1cc(Br)cc(S(=O)(=O)Cl)c1OCc1cn(C)nn1. The Hall–Kier alpha value is -1.12. The molecule has 1 heterocycles.